The topological polar surface area (TPSA) is 89.5 Å². The highest BCUT2D eigenvalue weighted by Crippen LogP contribution is 2.20. The molecule has 1 rings (SSSR count). The zero-order valence-electron chi connectivity index (χ0n) is 6.43. The van der Waals surface area contributed by atoms with Crippen LogP contribution in [-0.4, -0.2) is 11.1 Å². The van der Waals surface area contributed by atoms with Gasteiger partial charge in [0.05, 0.1) is 11.3 Å². The molecule has 0 aliphatic heterocycles. The van der Waals surface area contributed by atoms with Gasteiger partial charge in [-0.3, -0.25) is 0 Å². The van der Waals surface area contributed by atoms with Crippen molar-refractivity contribution in [2.75, 3.05) is 5.09 Å². The van der Waals surface area contributed by atoms with Crippen LogP contribution in [0, 0.1) is 0 Å². The van der Waals surface area contributed by atoms with Crippen molar-refractivity contribution in [3.63, 3.8) is 0 Å². The molecular formula is C7H6NO4P. The maximum atomic E-state index is 10.6. The van der Waals surface area contributed by atoms with Crippen LogP contribution < -0.4 is 9.98 Å². The summed E-state index contributed by atoms with van der Waals surface area (Å²) in [6.07, 6.45) is 0. The molecule has 0 radical (unpaired) electrons. The van der Waals surface area contributed by atoms with E-state index in [0.29, 0.717) is 0 Å². The molecule has 0 aliphatic rings. The first-order valence-electron chi connectivity index (χ1n) is 3.34. The van der Waals surface area contributed by atoms with Crippen molar-refractivity contribution in [2.45, 2.75) is 0 Å². The molecule has 5 nitrogen and oxygen atoms in total. The molecule has 0 amide bonds. The van der Waals surface area contributed by atoms with E-state index in [0.717, 1.165) is 0 Å². The normalized spacial score (nSPS) is 10.7. The molecule has 0 aliphatic carbocycles. The molecule has 0 saturated heterocycles. The SMILES string of the molecule is O=C(O)c1ccccc1N[P+](=O)[O-]. The van der Waals surface area contributed by atoms with Gasteiger partial charge in [0.1, 0.15) is 0 Å². The van der Waals surface area contributed by atoms with Crippen molar-refractivity contribution in [1.29, 1.82) is 0 Å². The summed E-state index contributed by atoms with van der Waals surface area (Å²) in [7, 11) is -2.83. The number of aromatic carboxylic acids is 1. The van der Waals surface area contributed by atoms with Crippen LogP contribution in [0.3, 0.4) is 0 Å². The van der Waals surface area contributed by atoms with E-state index in [4.69, 9.17) is 5.11 Å². The first-order chi connectivity index (χ1) is 6.11. The van der Waals surface area contributed by atoms with E-state index >= 15 is 0 Å². The van der Waals surface area contributed by atoms with Gasteiger partial charge in [0.2, 0.25) is 0 Å². The van der Waals surface area contributed by atoms with Gasteiger partial charge in [0, 0.05) is 0 Å². The fourth-order valence-corrected chi connectivity index (χ4v) is 1.26. The highest BCUT2D eigenvalue weighted by atomic mass is 31.1. The summed E-state index contributed by atoms with van der Waals surface area (Å²) in [6.45, 7) is 0. The highest BCUT2D eigenvalue weighted by molar-refractivity contribution is 7.38. The molecule has 13 heavy (non-hydrogen) atoms. The van der Waals surface area contributed by atoms with Gasteiger partial charge in [0.25, 0.3) is 0 Å². The van der Waals surface area contributed by atoms with E-state index in [2.05, 4.69) is 0 Å². The Hall–Kier alpha value is -1.45. The second-order valence-corrected chi connectivity index (χ2v) is 2.96. The number of anilines is 1. The Bertz CT molecular complexity index is 352. The van der Waals surface area contributed by atoms with Crippen LogP contribution in [0.5, 0.6) is 0 Å². The van der Waals surface area contributed by atoms with Gasteiger partial charge in [-0.05, 0) is 16.7 Å². The first kappa shape index (κ1) is 9.64. The summed E-state index contributed by atoms with van der Waals surface area (Å²) in [4.78, 5) is 20.8. The second-order valence-electron chi connectivity index (χ2n) is 2.22. The maximum absolute atomic E-state index is 10.6. The zero-order chi connectivity index (χ0) is 9.84. The molecule has 6 heteroatoms. The Labute approximate surface area is 74.9 Å². The number of benzene rings is 1. The number of para-hydroxylation sites is 1. The van der Waals surface area contributed by atoms with Gasteiger partial charge in [-0.2, -0.15) is 5.09 Å². The standard InChI is InChI=1S/C7H6NO4P/c9-7(10)5-3-1-2-4-6(5)8-13(11)12/h1-4H,(H,9,10)(H,8,11,12). The van der Waals surface area contributed by atoms with Gasteiger partial charge >= 0.3 is 14.1 Å². The molecule has 68 valence electrons. The van der Waals surface area contributed by atoms with Gasteiger partial charge in [-0.25, -0.2) is 4.79 Å². The maximum Gasteiger partial charge on any atom is 0.437 e. The molecule has 0 fully saturated rings. The van der Waals surface area contributed by atoms with E-state index in [-0.39, 0.29) is 11.3 Å². The smallest absolute Gasteiger partial charge is 0.437 e. The Morgan fingerprint density at radius 2 is 2.08 bits per heavy atom. The van der Waals surface area contributed by atoms with Crippen LogP contribution in [0.4, 0.5) is 5.69 Å². The fourth-order valence-electron chi connectivity index (χ4n) is 0.865. The van der Waals surface area contributed by atoms with E-state index < -0.39 is 14.1 Å². The van der Waals surface area contributed by atoms with Crippen LogP contribution in [-0.2, 0) is 4.57 Å². The second kappa shape index (κ2) is 3.98. The number of carbonyl (C=O) groups is 1. The van der Waals surface area contributed by atoms with Crippen LogP contribution in [0.1, 0.15) is 10.4 Å². The van der Waals surface area contributed by atoms with Gasteiger partial charge in [-0.15, -0.1) is 0 Å². The van der Waals surface area contributed by atoms with Crippen molar-refractivity contribution in [2.24, 2.45) is 0 Å². The van der Waals surface area contributed by atoms with Crippen LogP contribution in [0.25, 0.3) is 0 Å². The number of hydrogen-bond acceptors (Lipinski definition) is 3. The van der Waals surface area contributed by atoms with Crippen molar-refractivity contribution in [3.8, 4) is 0 Å². The lowest BCUT2D eigenvalue weighted by atomic mass is 10.2. The van der Waals surface area contributed by atoms with Gasteiger partial charge < -0.3 is 10.00 Å². The van der Waals surface area contributed by atoms with Crippen molar-refractivity contribution in [1.82, 2.24) is 0 Å². The molecular weight excluding hydrogens is 193 g/mol. The van der Waals surface area contributed by atoms with E-state index in [1.807, 2.05) is 5.09 Å². The molecule has 1 aromatic rings. The number of carboxylic acid groups (broad SMARTS) is 1. The number of hydrogen-bond donors (Lipinski definition) is 2. The van der Waals surface area contributed by atoms with Crippen LogP contribution in [0.2, 0.25) is 0 Å². The Balaban J connectivity index is 3.04. The zero-order valence-corrected chi connectivity index (χ0v) is 7.32. The fraction of sp³-hybridized carbons (Fsp3) is 0. The minimum Gasteiger partial charge on any atom is -0.573 e. The summed E-state index contributed by atoms with van der Waals surface area (Å²) >= 11 is 0. The third-order valence-electron chi connectivity index (χ3n) is 1.37. The lowest BCUT2D eigenvalue weighted by molar-refractivity contribution is -0.162. The summed E-state index contributed by atoms with van der Waals surface area (Å²) in [5, 5.41) is 10.7. The average Bonchev–Trinajstić information content (AvgIpc) is 2.03. The highest BCUT2D eigenvalue weighted by Gasteiger charge is 2.12. The van der Waals surface area contributed by atoms with Crippen LogP contribution in [0.15, 0.2) is 24.3 Å². The minimum absolute atomic E-state index is 0.0679. The molecule has 0 bridgehead atoms. The predicted molar refractivity (Wildman–Crippen MR) is 44.6 cm³/mol. The van der Waals surface area contributed by atoms with E-state index in [1.54, 1.807) is 6.07 Å². The number of nitrogens with one attached hydrogen (secondary N) is 1. The average molecular weight is 199 g/mol. The van der Waals surface area contributed by atoms with Crippen molar-refractivity contribution in [3.05, 3.63) is 29.8 Å². The molecule has 0 heterocycles. The van der Waals surface area contributed by atoms with E-state index in [9.17, 15) is 14.3 Å². The molecule has 1 aromatic carbocycles. The largest absolute Gasteiger partial charge is 0.573 e. The summed E-state index contributed by atoms with van der Waals surface area (Å²) < 4.78 is 10.3. The molecule has 0 saturated carbocycles. The lowest BCUT2D eigenvalue weighted by Crippen LogP contribution is -2.04. The molecule has 1 atom stereocenters. The van der Waals surface area contributed by atoms with Gasteiger partial charge in [0.15, 0.2) is 0 Å². The third-order valence-corrected chi connectivity index (χ3v) is 1.79. The number of rotatable bonds is 3. The van der Waals surface area contributed by atoms with Gasteiger partial charge in [-0.1, -0.05) is 12.1 Å². The molecule has 2 N–H and O–H groups in total. The summed E-state index contributed by atoms with van der Waals surface area (Å²) in [5.74, 6) is -1.17. The molecule has 0 spiro atoms. The Morgan fingerprint density at radius 3 is 2.62 bits per heavy atom. The number of carboxylic acids is 1. The Kier molecular flexibility index (Phi) is 2.95. The molecule has 0 aromatic heterocycles. The van der Waals surface area contributed by atoms with Crippen molar-refractivity contribution >= 4 is 19.8 Å². The quantitative estimate of drug-likeness (QED) is 0.703. The summed E-state index contributed by atoms with van der Waals surface area (Å²) in [5.41, 5.74) is 0.00723. The first-order valence-corrected chi connectivity index (χ1v) is 4.52. The predicted octanol–water partition coefficient (Wildman–Crippen LogP) is 0.814. The molecule has 1 unspecified atom stereocenters. The van der Waals surface area contributed by atoms with Crippen molar-refractivity contribution < 1.29 is 19.4 Å². The third kappa shape index (κ3) is 2.50. The lowest BCUT2D eigenvalue weighted by Gasteiger charge is -2.00. The Morgan fingerprint density at radius 1 is 1.46 bits per heavy atom. The summed E-state index contributed by atoms with van der Waals surface area (Å²) in [6, 6.07) is 5.78. The van der Waals surface area contributed by atoms with Crippen LogP contribution >= 0.6 is 8.18 Å². The minimum atomic E-state index is -2.83. The van der Waals surface area contributed by atoms with E-state index in [1.165, 1.54) is 18.2 Å². The monoisotopic (exact) mass is 199 g/mol.